The molecule has 160 valence electrons. The minimum atomic E-state index is -0.384. The van der Waals surface area contributed by atoms with Crippen molar-refractivity contribution in [3.8, 4) is 28.7 Å². The number of hydrogen-bond acceptors (Lipinski definition) is 6. The summed E-state index contributed by atoms with van der Waals surface area (Å²) in [6.45, 7) is 4.37. The van der Waals surface area contributed by atoms with Gasteiger partial charge in [0.1, 0.15) is 22.8 Å². The Morgan fingerprint density at radius 1 is 1.00 bits per heavy atom. The van der Waals surface area contributed by atoms with Crippen LogP contribution in [0.25, 0.3) is 6.08 Å². The molecule has 6 heteroatoms. The Morgan fingerprint density at radius 3 is 2.47 bits per heavy atom. The Bertz CT molecular complexity index is 945. The van der Waals surface area contributed by atoms with E-state index in [9.17, 15) is 4.79 Å². The molecular formula is C24H28O6. The smallest absolute Gasteiger partial charge is 0.166 e. The molecule has 0 aliphatic carbocycles. The van der Waals surface area contributed by atoms with Crippen LogP contribution in [-0.2, 0) is 0 Å². The molecule has 2 aromatic carbocycles. The molecule has 1 heterocycles. The number of ether oxygens (including phenoxy) is 5. The first-order chi connectivity index (χ1) is 14.4. The molecule has 0 saturated carbocycles. The highest BCUT2D eigenvalue weighted by Gasteiger charge is 2.26. The topological polar surface area (TPSA) is 63.2 Å². The highest BCUT2D eigenvalue weighted by molar-refractivity contribution is 6.00. The van der Waals surface area contributed by atoms with Gasteiger partial charge in [0.15, 0.2) is 17.3 Å². The lowest BCUT2D eigenvalue weighted by Gasteiger charge is -2.29. The molecule has 3 rings (SSSR count). The molecule has 1 aliphatic rings. The lowest BCUT2D eigenvalue weighted by molar-refractivity contribution is 0.0970. The summed E-state index contributed by atoms with van der Waals surface area (Å²) >= 11 is 0. The zero-order valence-electron chi connectivity index (χ0n) is 18.1. The standard InChI is InChI=1S/C24H28O6/c1-24(2)13-12-18-20(30-24)11-9-17(23(18)28-5)19(25)7-6-14-29-16-8-10-21(26-3)22(15-16)27-4/h8-13,15H,6-7,14H2,1-5H3. The maximum absolute atomic E-state index is 12.8. The van der Waals surface area contributed by atoms with Crippen LogP contribution in [0.1, 0.15) is 42.6 Å². The average Bonchev–Trinajstić information content (AvgIpc) is 2.74. The molecule has 2 aromatic rings. The summed E-state index contributed by atoms with van der Waals surface area (Å²) in [6, 6.07) is 8.96. The van der Waals surface area contributed by atoms with Crippen molar-refractivity contribution < 1.29 is 28.5 Å². The zero-order valence-corrected chi connectivity index (χ0v) is 18.1. The minimum Gasteiger partial charge on any atom is -0.495 e. The Kier molecular flexibility index (Phi) is 6.55. The van der Waals surface area contributed by atoms with Crippen LogP contribution in [-0.4, -0.2) is 39.3 Å². The van der Waals surface area contributed by atoms with Crippen molar-refractivity contribution in [2.24, 2.45) is 0 Å². The number of methoxy groups -OCH3 is 3. The highest BCUT2D eigenvalue weighted by atomic mass is 16.5. The van der Waals surface area contributed by atoms with Crippen LogP contribution in [0.3, 0.4) is 0 Å². The average molecular weight is 412 g/mol. The summed E-state index contributed by atoms with van der Waals surface area (Å²) in [6.07, 6.45) is 4.84. The fraction of sp³-hybridized carbons (Fsp3) is 0.375. The van der Waals surface area contributed by atoms with Crippen LogP contribution in [0, 0.1) is 0 Å². The second-order valence-electron chi connectivity index (χ2n) is 7.49. The third-order valence-electron chi connectivity index (χ3n) is 4.86. The van der Waals surface area contributed by atoms with Crippen molar-refractivity contribution in [2.45, 2.75) is 32.3 Å². The summed E-state index contributed by atoms with van der Waals surface area (Å²) < 4.78 is 27.8. The van der Waals surface area contributed by atoms with Crippen LogP contribution in [0.2, 0.25) is 0 Å². The van der Waals surface area contributed by atoms with Crippen LogP contribution in [0.5, 0.6) is 28.7 Å². The van der Waals surface area contributed by atoms with E-state index >= 15 is 0 Å². The number of carbonyl (C=O) groups is 1. The molecule has 0 amide bonds. The molecule has 0 saturated heterocycles. The quantitative estimate of drug-likeness (QED) is 0.429. The largest absolute Gasteiger partial charge is 0.495 e. The van der Waals surface area contributed by atoms with E-state index < -0.39 is 0 Å². The molecule has 0 unspecified atom stereocenters. The molecule has 1 aliphatic heterocycles. The number of carbonyl (C=O) groups excluding carboxylic acids is 1. The van der Waals surface area contributed by atoms with E-state index in [-0.39, 0.29) is 11.4 Å². The van der Waals surface area contributed by atoms with Crippen LogP contribution < -0.4 is 23.7 Å². The number of Topliss-reactive ketones (excluding diaryl/α,β-unsaturated/α-hetero) is 1. The number of benzene rings is 2. The number of hydrogen-bond donors (Lipinski definition) is 0. The van der Waals surface area contributed by atoms with Gasteiger partial charge in [0.25, 0.3) is 0 Å². The Hall–Kier alpha value is -3.15. The van der Waals surface area contributed by atoms with E-state index in [0.29, 0.717) is 53.8 Å². The summed E-state index contributed by atoms with van der Waals surface area (Å²) in [5, 5.41) is 0. The molecular weight excluding hydrogens is 384 g/mol. The first kappa shape index (κ1) is 21.6. The van der Waals surface area contributed by atoms with E-state index in [0.717, 1.165) is 5.56 Å². The maximum atomic E-state index is 12.8. The van der Waals surface area contributed by atoms with Crippen molar-refractivity contribution in [1.82, 2.24) is 0 Å². The van der Waals surface area contributed by atoms with Crippen LogP contribution in [0.4, 0.5) is 0 Å². The number of ketones is 1. The van der Waals surface area contributed by atoms with Gasteiger partial charge in [0, 0.05) is 12.5 Å². The maximum Gasteiger partial charge on any atom is 0.166 e. The first-order valence-electron chi connectivity index (χ1n) is 9.86. The van der Waals surface area contributed by atoms with Gasteiger partial charge in [-0.05, 0) is 56.7 Å². The van der Waals surface area contributed by atoms with E-state index in [2.05, 4.69) is 0 Å². The van der Waals surface area contributed by atoms with Gasteiger partial charge in [0.05, 0.1) is 39.1 Å². The SMILES string of the molecule is COc1ccc(OCCCC(=O)c2ccc3c(c2OC)C=CC(C)(C)O3)cc1OC. The summed E-state index contributed by atoms with van der Waals surface area (Å²) in [5.74, 6) is 3.17. The third-order valence-corrected chi connectivity index (χ3v) is 4.86. The van der Waals surface area contributed by atoms with Crippen molar-refractivity contribution in [3.63, 3.8) is 0 Å². The predicted molar refractivity (Wildman–Crippen MR) is 115 cm³/mol. The van der Waals surface area contributed by atoms with Crippen LogP contribution in [0.15, 0.2) is 36.4 Å². The predicted octanol–water partition coefficient (Wildman–Crippen LogP) is 4.94. The van der Waals surface area contributed by atoms with E-state index in [1.165, 1.54) is 0 Å². The van der Waals surface area contributed by atoms with E-state index in [4.69, 9.17) is 23.7 Å². The molecule has 0 atom stereocenters. The van der Waals surface area contributed by atoms with Crippen molar-refractivity contribution in [1.29, 1.82) is 0 Å². The molecule has 0 aromatic heterocycles. The molecule has 30 heavy (non-hydrogen) atoms. The molecule has 0 spiro atoms. The lowest BCUT2D eigenvalue weighted by Crippen LogP contribution is -2.27. The fourth-order valence-electron chi connectivity index (χ4n) is 3.33. The second kappa shape index (κ2) is 9.11. The van der Waals surface area contributed by atoms with E-state index in [1.807, 2.05) is 38.1 Å². The van der Waals surface area contributed by atoms with Gasteiger partial charge in [-0.1, -0.05) is 0 Å². The molecule has 0 N–H and O–H groups in total. The van der Waals surface area contributed by atoms with Gasteiger partial charge in [-0.3, -0.25) is 4.79 Å². The monoisotopic (exact) mass is 412 g/mol. The van der Waals surface area contributed by atoms with Gasteiger partial charge in [-0.15, -0.1) is 0 Å². The summed E-state index contributed by atoms with van der Waals surface area (Å²) in [7, 11) is 4.73. The zero-order chi connectivity index (χ0) is 21.7. The van der Waals surface area contributed by atoms with Gasteiger partial charge < -0.3 is 23.7 Å². The lowest BCUT2D eigenvalue weighted by atomic mass is 9.97. The number of fused-ring (bicyclic) bond motifs is 1. The second-order valence-corrected chi connectivity index (χ2v) is 7.49. The van der Waals surface area contributed by atoms with Gasteiger partial charge >= 0.3 is 0 Å². The molecule has 6 nitrogen and oxygen atoms in total. The third kappa shape index (κ3) is 4.70. The van der Waals surface area contributed by atoms with Crippen molar-refractivity contribution in [2.75, 3.05) is 27.9 Å². The fourth-order valence-corrected chi connectivity index (χ4v) is 3.33. The Labute approximate surface area is 177 Å². The molecule has 0 radical (unpaired) electrons. The first-order valence-corrected chi connectivity index (χ1v) is 9.86. The van der Waals surface area contributed by atoms with Gasteiger partial charge in [-0.25, -0.2) is 0 Å². The summed E-state index contributed by atoms with van der Waals surface area (Å²) in [5.41, 5.74) is 0.963. The Balaban J connectivity index is 1.62. The Morgan fingerprint density at radius 2 is 1.77 bits per heavy atom. The van der Waals surface area contributed by atoms with Gasteiger partial charge in [0.2, 0.25) is 0 Å². The molecule has 0 fully saturated rings. The van der Waals surface area contributed by atoms with Crippen molar-refractivity contribution >= 4 is 11.9 Å². The van der Waals surface area contributed by atoms with E-state index in [1.54, 1.807) is 39.5 Å². The molecule has 0 bridgehead atoms. The van der Waals surface area contributed by atoms with Crippen LogP contribution >= 0.6 is 0 Å². The van der Waals surface area contributed by atoms with Crippen molar-refractivity contribution in [3.05, 3.63) is 47.5 Å². The minimum absolute atomic E-state index is 0.00351. The highest BCUT2D eigenvalue weighted by Crippen LogP contribution is 2.39. The van der Waals surface area contributed by atoms with Gasteiger partial charge in [-0.2, -0.15) is 0 Å². The number of rotatable bonds is 9. The normalized spacial score (nSPS) is 13.8. The summed E-state index contributed by atoms with van der Waals surface area (Å²) in [4.78, 5) is 12.8.